The van der Waals surface area contributed by atoms with Crippen molar-refractivity contribution in [3.05, 3.63) is 28.7 Å². The molecule has 0 saturated heterocycles. The first-order valence-electron chi connectivity index (χ1n) is 4.31. The lowest BCUT2D eigenvalue weighted by atomic mass is 10.4. The van der Waals surface area contributed by atoms with Crippen molar-refractivity contribution in [2.45, 2.75) is 4.90 Å². The number of thiophene rings is 1. The quantitative estimate of drug-likeness (QED) is 0.847. The fourth-order valence-electron chi connectivity index (χ4n) is 1.15. The lowest BCUT2D eigenvalue weighted by Gasteiger charge is -2.03. The third-order valence-electron chi connectivity index (χ3n) is 1.82. The van der Waals surface area contributed by atoms with Crippen LogP contribution in [0.25, 0.3) is 0 Å². The van der Waals surface area contributed by atoms with Crippen LogP contribution in [-0.4, -0.2) is 19.5 Å². The lowest BCUT2D eigenvalue weighted by molar-refractivity contribution is 0.100. The molecule has 0 spiro atoms. The van der Waals surface area contributed by atoms with Gasteiger partial charge in [0.05, 0.1) is 0 Å². The molecule has 0 aliphatic heterocycles. The van der Waals surface area contributed by atoms with Crippen molar-refractivity contribution in [2.24, 2.45) is 5.73 Å². The molecule has 2 heterocycles. The number of nitrogens with zero attached hydrogens (tertiary/aromatic N) is 1. The van der Waals surface area contributed by atoms with Crippen LogP contribution in [0.1, 0.15) is 9.67 Å². The Hall–Kier alpha value is -1.87. The second-order valence-corrected chi connectivity index (χ2v) is 5.54. The maximum Gasteiger partial charge on any atom is 0.264 e. The van der Waals surface area contributed by atoms with Crippen LogP contribution in [0.15, 0.2) is 33.2 Å². The van der Waals surface area contributed by atoms with E-state index in [2.05, 4.69) is 14.4 Å². The van der Waals surface area contributed by atoms with Gasteiger partial charge in [0.25, 0.3) is 15.9 Å². The Morgan fingerprint density at radius 2 is 2.24 bits per heavy atom. The van der Waals surface area contributed by atoms with Crippen LogP contribution >= 0.6 is 11.3 Å². The van der Waals surface area contributed by atoms with Gasteiger partial charge in [0.1, 0.15) is 16.0 Å². The molecular formula is C8H7N3O4S2. The number of nitrogens with one attached hydrogen (secondary N) is 1. The summed E-state index contributed by atoms with van der Waals surface area (Å²) in [5, 5.41) is 4.88. The normalized spacial score (nSPS) is 11.3. The number of primary amides is 1. The van der Waals surface area contributed by atoms with E-state index in [9.17, 15) is 13.2 Å². The third-order valence-corrected chi connectivity index (χ3v) is 4.27. The fourth-order valence-corrected chi connectivity index (χ4v) is 3.43. The van der Waals surface area contributed by atoms with E-state index < -0.39 is 15.9 Å². The molecule has 2 rings (SSSR count). The van der Waals surface area contributed by atoms with E-state index in [1.54, 1.807) is 0 Å². The zero-order valence-corrected chi connectivity index (χ0v) is 9.92. The van der Waals surface area contributed by atoms with Crippen molar-refractivity contribution >= 4 is 33.1 Å². The Morgan fingerprint density at radius 3 is 2.82 bits per heavy atom. The van der Waals surface area contributed by atoms with Crippen LogP contribution in [0, 0.1) is 0 Å². The largest absolute Gasteiger partial charge is 0.365 e. The van der Waals surface area contributed by atoms with E-state index in [4.69, 9.17) is 5.73 Å². The molecule has 0 unspecified atom stereocenters. The minimum Gasteiger partial charge on any atom is -0.365 e. The molecule has 0 aliphatic carbocycles. The molecule has 0 fully saturated rings. The number of hydrogen-bond donors (Lipinski definition) is 2. The predicted molar refractivity (Wildman–Crippen MR) is 60.1 cm³/mol. The van der Waals surface area contributed by atoms with Gasteiger partial charge in [-0.3, -0.25) is 9.52 Å². The van der Waals surface area contributed by atoms with E-state index in [0.717, 1.165) is 11.3 Å². The van der Waals surface area contributed by atoms with Crippen molar-refractivity contribution in [3.63, 3.8) is 0 Å². The molecule has 3 N–H and O–H groups in total. The minimum absolute atomic E-state index is 0.0269. The standard InChI is InChI=1S/C8H7N3O4S2/c9-8(12)7-5(2-4-16-7)17(13,14)11-6-1-3-15-10-6/h1-4H,(H2,9,12)(H,10,11). The predicted octanol–water partition coefficient (Wildman–Crippen LogP) is 0.636. The van der Waals surface area contributed by atoms with Crippen LogP contribution in [0.2, 0.25) is 0 Å². The van der Waals surface area contributed by atoms with Gasteiger partial charge in [0.15, 0.2) is 5.82 Å². The molecule has 17 heavy (non-hydrogen) atoms. The van der Waals surface area contributed by atoms with Gasteiger partial charge in [-0.25, -0.2) is 8.42 Å². The summed E-state index contributed by atoms with van der Waals surface area (Å²) in [5.41, 5.74) is 5.07. The highest BCUT2D eigenvalue weighted by Gasteiger charge is 2.23. The molecule has 0 saturated carbocycles. The number of nitrogens with two attached hydrogens (primary N) is 1. The van der Waals surface area contributed by atoms with Crippen molar-refractivity contribution in [1.82, 2.24) is 5.16 Å². The summed E-state index contributed by atoms with van der Waals surface area (Å²) in [6.07, 6.45) is 1.22. The van der Waals surface area contributed by atoms with Crippen LogP contribution in [-0.2, 0) is 10.0 Å². The molecule has 0 atom stereocenters. The molecular weight excluding hydrogens is 266 g/mol. The van der Waals surface area contributed by atoms with Crippen LogP contribution in [0.5, 0.6) is 0 Å². The van der Waals surface area contributed by atoms with Gasteiger partial charge in [0, 0.05) is 6.07 Å². The topological polar surface area (TPSA) is 115 Å². The van der Waals surface area contributed by atoms with Gasteiger partial charge in [-0.05, 0) is 11.4 Å². The monoisotopic (exact) mass is 273 g/mol. The molecule has 1 amide bonds. The summed E-state index contributed by atoms with van der Waals surface area (Å²) in [6.45, 7) is 0. The van der Waals surface area contributed by atoms with E-state index in [0.29, 0.717) is 0 Å². The number of aromatic nitrogens is 1. The number of amides is 1. The van der Waals surface area contributed by atoms with Crippen LogP contribution < -0.4 is 10.5 Å². The van der Waals surface area contributed by atoms with Gasteiger partial charge >= 0.3 is 0 Å². The number of carbonyl (C=O) groups is 1. The highest BCUT2D eigenvalue weighted by molar-refractivity contribution is 7.93. The first-order valence-corrected chi connectivity index (χ1v) is 6.67. The first kappa shape index (κ1) is 11.6. The molecule has 9 heteroatoms. The fraction of sp³-hybridized carbons (Fsp3) is 0. The Labute approximate surface area is 100 Å². The molecule has 0 aromatic carbocycles. The molecule has 0 bridgehead atoms. The summed E-state index contributed by atoms with van der Waals surface area (Å²) in [5.74, 6) is -0.757. The third kappa shape index (κ3) is 2.29. The number of hydrogen-bond acceptors (Lipinski definition) is 6. The van der Waals surface area contributed by atoms with E-state index in [-0.39, 0.29) is 15.6 Å². The molecule has 0 radical (unpaired) electrons. The summed E-state index contributed by atoms with van der Waals surface area (Å²) < 4.78 is 30.4. The van der Waals surface area contributed by atoms with E-state index in [1.165, 1.54) is 23.8 Å². The van der Waals surface area contributed by atoms with Gasteiger partial charge < -0.3 is 10.3 Å². The van der Waals surface area contributed by atoms with Crippen molar-refractivity contribution < 1.29 is 17.7 Å². The molecule has 2 aromatic heterocycles. The zero-order valence-electron chi connectivity index (χ0n) is 8.28. The Kier molecular flexibility index (Phi) is 2.86. The molecule has 7 nitrogen and oxygen atoms in total. The highest BCUT2D eigenvalue weighted by atomic mass is 32.2. The highest BCUT2D eigenvalue weighted by Crippen LogP contribution is 2.23. The average Bonchev–Trinajstić information content (AvgIpc) is 2.84. The number of rotatable bonds is 4. The number of carbonyl (C=O) groups excluding carboxylic acids is 1. The molecule has 90 valence electrons. The van der Waals surface area contributed by atoms with Crippen molar-refractivity contribution in [3.8, 4) is 0 Å². The summed E-state index contributed by atoms with van der Waals surface area (Å²) in [7, 11) is -3.88. The van der Waals surface area contributed by atoms with Gasteiger partial charge in [-0.2, -0.15) is 0 Å². The SMILES string of the molecule is NC(=O)c1sccc1S(=O)(=O)Nc1ccon1. The van der Waals surface area contributed by atoms with Crippen LogP contribution in [0.4, 0.5) is 5.82 Å². The lowest BCUT2D eigenvalue weighted by Crippen LogP contribution is -2.18. The first-order chi connectivity index (χ1) is 8.00. The Morgan fingerprint density at radius 1 is 1.47 bits per heavy atom. The number of anilines is 1. The Bertz CT molecular complexity index is 630. The minimum atomic E-state index is -3.88. The summed E-state index contributed by atoms with van der Waals surface area (Å²) in [6, 6.07) is 2.64. The van der Waals surface area contributed by atoms with E-state index in [1.807, 2.05) is 0 Å². The van der Waals surface area contributed by atoms with Crippen molar-refractivity contribution in [1.29, 1.82) is 0 Å². The Balaban J connectivity index is 2.38. The molecule has 0 aliphatic rings. The van der Waals surface area contributed by atoms with E-state index >= 15 is 0 Å². The van der Waals surface area contributed by atoms with Gasteiger partial charge in [0.2, 0.25) is 0 Å². The van der Waals surface area contributed by atoms with Crippen molar-refractivity contribution in [2.75, 3.05) is 4.72 Å². The number of sulfonamides is 1. The van der Waals surface area contributed by atoms with Crippen LogP contribution in [0.3, 0.4) is 0 Å². The van der Waals surface area contributed by atoms with Gasteiger partial charge in [-0.1, -0.05) is 5.16 Å². The summed E-state index contributed by atoms with van der Waals surface area (Å²) >= 11 is 0.960. The second-order valence-electron chi connectivity index (χ2n) is 2.97. The second kappa shape index (κ2) is 4.18. The maximum atomic E-state index is 11.9. The zero-order chi connectivity index (χ0) is 12.5. The average molecular weight is 273 g/mol. The molecule has 2 aromatic rings. The smallest absolute Gasteiger partial charge is 0.264 e. The van der Waals surface area contributed by atoms with Gasteiger partial charge in [-0.15, -0.1) is 11.3 Å². The summed E-state index contributed by atoms with van der Waals surface area (Å²) in [4.78, 5) is 10.8. The maximum absolute atomic E-state index is 11.9.